The summed E-state index contributed by atoms with van der Waals surface area (Å²) in [5.41, 5.74) is 0.319. The van der Waals surface area contributed by atoms with Crippen molar-refractivity contribution < 1.29 is 29.0 Å². The van der Waals surface area contributed by atoms with Crippen molar-refractivity contribution in [2.75, 3.05) is 0 Å². The van der Waals surface area contributed by atoms with Crippen LogP contribution in [0.25, 0.3) is 0 Å². The molecule has 1 aromatic carbocycles. The fourth-order valence-electron chi connectivity index (χ4n) is 2.78. The minimum absolute atomic E-state index is 0.319. The van der Waals surface area contributed by atoms with Crippen molar-refractivity contribution in [1.82, 2.24) is 10.6 Å². The summed E-state index contributed by atoms with van der Waals surface area (Å²) in [6.45, 7) is 4.23. The minimum Gasteiger partial charge on any atom is -0.454 e. The topological polar surface area (TPSA) is 114 Å². The van der Waals surface area contributed by atoms with Crippen LogP contribution in [0, 0.1) is 0 Å². The molecule has 25 heavy (non-hydrogen) atoms. The van der Waals surface area contributed by atoms with E-state index in [0.29, 0.717) is 5.56 Å². The molecule has 1 saturated heterocycles. The predicted octanol–water partition coefficient (Wildman–Crippen LogP) is -0.0415. The lowest BCUT2D eigenvalue weighted by Gasteiger charge is -2.43. The van der Waals surface area contributed by atoms with Gasteiger partial charge in [-0.05, 0) is 19.1 Å². The highest BCUT2D eigenvalue weighted by Crippen LogP contribution is 2.23. The van der Waals surface area contributed by atoms with E-state index in [9.17, 15) is 19.5 Å². The van der Waals surface area contributed by atoms with Crippen LogP contribution in [0.2, 0.25) is 0 Å². The van der Waals surface area contributed by atoms with Gasteiger partial charge in [0.05, 0.1) is 17.7 Å². The number of aliphatic hydroxyl groups excluding tert-OH is 1. The van der Waals surface area contributed by atoms with Crippen molar-refractivity contribution in [3.8, 4) is 0 Å². The zero-order chi connectivity index (χ0) is 18.6. The van der Waals surface area contributed by atoms with Gasteiger partial charge in [-0.3, -0.25) is 9.59 Å². The van der Waals surface area contributed by atoms with E-state index in [0.717, 1.165) is 0 Å². The van der Waals surface area contributed by atoms with Gasteiger partial charge in [0.25, 0.3) is 0 Å². The molecule has 1 heterocycles. The molecule has 5 atom stereocenters. The molecule has 136 valence electrons. The maximum Gasteiger partial charge on any atom is 0.338 e. The zero-order valence-electron chi connectivity index (χ0n) is 14.3. The van der Waals surface area contributed by atoms with Crippen LogP contribution in [-0.4, -0.2) is 53.5 Å². The van der Waals surface area contributed by atoms with Crippen molar-refractivity contribution in [2.45, 2.75) is 51.4 Å². The van der Waals surface area contributed by atoms with E-state index in [1.54, 1.807) is 37.3 Å². The highest BCUT2D eigenvalue weighted by atomic mass is 16.6. The van der Waals surface area contributed by atoms with Crippen LogP contribution in [0.4, 0.5) is 0 Å². The van der Waals surface area contributed by atoms with Gasteiger partial charge in [0.1, 0.15) is 12.1 Å². The molecule has 0 aromatic heterocycles. The Morgan fingerprint density at radius 1 is 1.04 bits per heavy atom. The summed E-state index contributed by atoms with van der Waals surface area (Å²) in [6.07, 6.45) is -3.01. The molecule has 1 aliphatic rings. The number of hydrogen-bond donors (Lipinski definition) is 3. The van der Waals surface area contributed by atoms with Crippen LogP contribution >= 0.6 is 0 Å². The monoisotopic (exact) mass is 350 g/mol. The summed E-state index contributed by atoms with van der Waals surface area (Å²) in [6, 6.07) is 6.56. The summed E-state index contributed by atoms with van der Waals surface area (Å²) >= 11 is 0. The molecule has 0 aliphatic carbocycles. The normalized spacial score (nSPS) is 28.7. The summed E-state index contributed by atoms with van der Waals surface area (Å²) in [5, 5.41) is 15.3. The van der Waals surface area contributed by atoms with Crippen molar-refractivity contribution in [3.05, 3.63) is 35.9 Å². The Bertz CT molecular complexity index is 607. The fourth-order valence-corrected chi connectivity index (χ4v) is 2.78. The van der Waals surface area contributed by atoms with Crippen LogP contribution in [0.3, 0.4) is 0 Å². The largest absolute Gasteiger partial charge is 0.454 e. The van der Waals surface area contributed by atoms with Crippen molar-refractivity contribution in [2.24, 2.45) is 0 Å². The second kappa shape index (κ2) is 8.09. The van der Waals surface area contributed by atoms with Crippen LogP contribution in [0.15, 0.2) is 30.3 Å². The number of carbonyl (C=O) groups excluding carboxylic acids is 3. The smallest absolute Gasteiger partial charge is 0.338 e. The number of ether oxygens (including phenoxy) is 2. The van der Waals surface area contributed by atoms with Crippen LogP contribution in [0.1, 0.15) is 31.1 Å². The third-order valence-corrected chi connectivity index (χ3v) is 3.87. The van der Waals surface area contributed by atoms with Gasteiger partial charge < -0.3 is 25.2 Å². The molecule has 1 fully saturated rings. The Morgan fingerprint density at radius 2 is 1.60 bits per heavy atom. The molecular formula is C17H22N2O6. The average molecular weight is 350 g/mol. The first kappa shape index (κ1) is 18.9. The standard InChI is InChI=1S/C17H22N2O6/c1-9-13(18-10(2)20)15(14(17(23)24-9)19-11(3)21)25-16(22)12-7-5-4-6-8-12/h4-9,13-15,17,23H,1-3H3,(H,18,20)(H,19,21)/t9-,13-,14-,15+,17-/m0/s1. The lowest BCUT2D eigenvalue weighted by Crippen LogP contribution is -2.67. The Labute approximate surface area is 145 Å². The molecule has 0 radical (unpaired) electrons. The number of hydrogen-bond acceptors (Lipinski definition) is 6. The first-order valence-corrected chi connectivity index (χ1v) is 7.93. The Balaban J connectivity index is 2.29. The van der Waals surface area contributed by atoms with Gasteiger partial charge in [0, 0.05) is 13.8 Å². The maximum absolute atomic E-state index is 12.4. The number of nitrogens with one attached hydrogen (secondary N) is 2. The number of aliphatic hydroxyl groups is 1. The minimum atomic E-state index is -1.38. The lowest BCUT2D eigenvalue weighted by molar-refractivity contribution is -0.214. The van der Waals surface area contributed by atoms with Crippen molar-refractivity contribution in [1.29, 1.82) is 0 Å². The van der Waals surface area contributed by atoms with Crippen LogP contribution in [-0.2, 0) is 19.1 Å². The van der Waals surface area contributed by atoms with Crippen molar-refractivity contribution >= 4 is 17.8 Å². The molecule has 1 aromatic rings. The number of benzene rings is 1. The van der Waals surface area contributed by atoms with Gasteiger partial charge in [0.2, 0.25) is 11.8 Å². The van der Waals surface area contributed by atoms with Crippen LogP contribution in [0.5, 0.6) is 0 Å². The third kappa shape index (κ3) is 4.77. The summed E-state index contributed by atoms with van der Waals surface area (Å²) < 4.78 is 10.9. The van der Waals surface area contributed by atoms with E-state index >= 15 is 0 Å². The average Bonchev–Trinajstić information content (AvgIpc) is 2.54. The Morgan fingerprint density at radius 3 is 2.16 bits per heavy atom. The van der Waals surface area contributed by atoms with E-state index in [1.807, 2.05) is 0 Å². The van der Waals surface area contributed by atoms with Gasteiger partial charge >= 0.3 is 5.97 Å². The number of carbonyl (C=O) groups is 3. The van der Waals surface area contributed by atoms with E-state index < -0.39 is 42.5 Å². The molecule has 2 amide bonds. The number of rotatable bonds is 4. The van der Waals surface area contributed by atoms with Gasteiger partial charge in [-0.25, -0.2) is 4.79 Å². The second-order valence-corrected chi connectivity index (χ2v) is 5.92. The molecule has 3 N–H and O–H groups in total. The molecule has 0 saturated carbocycles. The first-order valence-electron chi connectivity index (χ1n) is 7.93. The first-order chi connectivity index (χ1) is 11.8. The molecule has 2 rings (SSSR count). The number of esters is 1. The summed E-state index contributed by atoms with van der Waals surface area (Å²) in [4.78, 5) is 35.4. The molecule has 0 spiro atoms. The fraction of sp³-hybridized carbons (Fsp3) is 0.471. The highest BCUT2D eigenvalue weighted by molar-refractivity contribution is 5.89. The summed E-state index contributed by atoms with van der Waals surface area (Å²) in [5.74, 6) is -1.40. The van der Waals surface area contributed by atoms with Gasteiger partial charge in [-0.1, -0.05) is 18.2 Å². The molecule has 8 heteroatoms. The quantitative estimate of drug-likeness (QED) is 0.657. The predicted molar refractivity (Wildman–Crippen MR) is 87.4 cm³/mol. The lowest BCUT2D eigenvalue weighted by atomic mass is 9.94. The zero-order valence-corrected chi connectivity index (χ0v) is 14.3. The molecule has 0 bridgehead atoms. The number of amides is 2. The maximum atomic E-state index is 12.4. The SMILES string of the molecule is CC(=O)N[C@@H]1[C@@H](OC(=O)c2ccccc2)[C@H](NC(C)=O)[C@@H](O)O[C@H]1C. The molecular weight excluding hydrogens is 328 g/mol. The van der Waals surface area contributed by atoms with E-state index in [1.165, 1.54) is 13.8 Å². The van der Waals surface area contributed by atoms with E-state index in [-0.39, 0.29) is 5.91 Å². The third-order valence-electron chi connectivity index (χ3n) is 3.87. The van der Waals surface area contributed by atoms with Crippen molar-refractivity contribution in [3.63, 3.8) is 0 Å². The Kier molecular flexibility index (Phi) is 6.11. The van der Waals surface area contributed by atoms with Gasteiger partial charge in [0.15, 0.2) is 6.29 Å². The van der Waals surface area contributed by atoms with E-state index in [2.05, 4.69) is 10.6 Å². The highest BCUT2D eigenvalue weighted by Gasteiger charge is 2.47. The molecule has 8 nitrogen and oxygen atoms in total. The summed E-state index contributed by atoms with van der Waals surface area (Å²) in [7, 11) is 0. The van der Waals surface area contributed by atoms with Gasteiger partial charge in [-0.15, -0.1) is 0 Å². The van der Waals surface area contributed by atoms with E-state index in [4.69, 9.17) is 9.47 Å². The van der Waals surface area contributed by atoms with Gasteiger partial charge in [-0.2, -0.15) is 0 Å². The molecule has 0 unspecified atom stereocenters. The Hall–Kier alpha value is -2.45. The second-order valence-electron chi connectivity index (χ2n) is 5.92. The molecule has 1 aliphatic heterocycles. The van der Waals surface area contributed by atoms with Crippen LogP contribution < -0.4 is 10.6 Å².